The normalized spacial score (nSPS) is 21.8. The highest BCUT2D eigenvalue weighted by Gasteiger charge is 2.34. The van der Waals surface area contributed by atoms with Gasteiger partial charge < -0.3 is 10.6 Å². The molecule has 0 spiro atoms. The SMILES string of the molecule is Cl.Cl.Fc1ccccc1-c1cccc2c1C1CCNCCC1N2. The molecule has 2 aliphatic heterocycles. The summed E-state index contributed by atoms with van der Waals surface area (Å²) in [5.41, 5.74) is 4.26. The molecule has 2 heterocycles. The first-order valence-corrected chi connectivity index (χ1v) is 7.69. The third kappa shape index (κ3) is 3.18. The number of anilines is 1. The van der Waals surface area contributed by atoms with Crippen LogP contribution in [0, 0.1) is 5.82 Å². The van der Waals surface area contributed by atoms with Gasteiger partial charge in [-0.1, -0.05) is 30.3 Å². The molecular formula is C18H21Cl2FN2. The van der Waals surface area contributed by atoms with E-state index in [4.69, 9.17) is 0 Å². The summed E-state index contributed by atoms with van der Waals surface area (Å²) in [7, 11) is 0. The van der Waals surface area contributed by atoms with Crippen LogP contribution in [0.3, 0.4) is 0 Å². The van der Waals surface area contributed by atoms with Gasteiger partial charge in [0.1, 0.15) is 5.82 Å². The number of hydrogen-bond donors (Lipinski definition) is 2. The third-order valence-electron chi connectivity index (χ3n) is 4.73. The van der Waals surface area contributed by atoms with E-state index in [-0.39, 0.29) is 30.6 Å². The highest BCUT2D eigenvalue weighted by molar-refractivity contribution is 5.85. The lowest BCUT2D eigenvalue weighted by Crippen LogP contribution is -2.21. The van der Waals surface area contributed by atoms with Crippen molar-refractivity contribution in [1.29, 1.82) is 0 Å². The Morgan fingerprint density at radius 1 is 0.870 bits per heavy atom. The van der Waals surface area contributed by atoms with Crippen LogP contribution in [0.5, 0.6) is 0 Å². The fraction of sp³-hybridized carbons (Fsp3) is 0.333. The fourth-order valence-corrected chi connectivity index (χ4v) is 3.77. The summed E-state index contributed by atoms with van der Waals surface area (Å²) in [4.78, 5) is 0. The lowest BCUT2D eigenvalue weighted by molar-refractivity contribution is 0.578. The van der Waals surface area contributed by atoms with Crippen molar-refractivity contribution in [2.24, 2.45) is 0 Å². The molecule has 2 nitrogen and oxygen atoms in total. The minimum Gasteiger partial charge on any atom is -0.381 e. The average molecular weight is 355 g/mol. The Bertz CT molecular complexity index is 678. The zero-order valence-electron chi connectivity index (χ0n) is 12.7. The maximum absolute atomic E-state index is 14.2. The third-order valence-corrected chi connectivity index (χ3v) is 4.73. The Kier molecular flexibility index (Phi) is 5.90. The number of benzene rings is 2. The molecule has 2 unspecified atom stereocenters. The summed E-state index contributed by atoms with van der Waals surface area (Å²) >= 11 is 0. The van der Waals surface area contributed by atoms with Gasteiger partial charge in [0, 0.05) is 23.2 Å². The van der Waals surface area contributed by atoms with Crippen LogP contribution >= 0.6 is 24.8 Å². The van der Waals surface area contributed by atoms with Crippen LogP contribution in [0.1, 0.15) is 24.3 Å². The second kappa shape index (κ2) is 7.52. The fourth-order valence-electron chi connectivity index (χ4n) is 3.77. The first kappa shape index (κ1) is 18.1. The molecule has 0 aliphatic carbocycles. The van der Waals surface area contributed by atoms with Crippen molar-refractivity contribution in [3.63, 3.8) is 0 Å². The predicted octanol–water partition coefficient (Wildman–Crippen LogP) is 4.60. The monoisotopic (exact) mass is 354 g/mol. The summed E-state index contributed by atoms with van der Waals surface area (Å²) in [6, 6.07) is 13.8. The van der Waals surface area contributed by atoms with Crippen molar-refractivity contribution in [1.82, 2.24) is 5.32 Å². The second-order valence-electron chi connectivity index (χ2n) is 5.93. The van der Waals surface area contributed by atoms with Gasteiger partial charge in [-0.25, -0.2) is 4.39 Å². The molecule has 2 N–H and O–H groups in total. The van der Waals surface area contributed by atoms with Crippen molar-refractivity contribution < 1.29 is 4.39 Å². The van der Waals surface area contributed by atoms with Crippen molar-refractivity contribution in [2.45, 2.75) is 24.8 Å². The van der Waals surface area contributed by atoms with Crippen LogP contribution in [-0.4, -0.2) is 19.1 Å². The first-order chi connectivity index (χ1) is 10.3. The van der Waals surface area contributed by atoms with Gasteiger partial charge in [0.2, 0.25) is 0 Å². The van der Waals surface area contributed by atoms with Crippen LogP contribution in [0.25, 0.3) is 11.1 Å². The van der Waals surface area contributed by atoms with E-state index in [1.807, 2.05) is 18.2 Å². The molecule has 0 aromatic heterocycles. The van der Waals surface area contributed by atoms with E-state index in [1.54, 1.807) is 12.1 Å². The Hall–Kier alpha value is -1.29. The summed E-state index contributed by atoms with van der Waals surface area (Å²) in [5, 5.41) is 7.11. The predicted molar refractivity (Wildman–Crippen MR) is 98.6 cm³/mol. The van der Waals surface area contributed by atoms with Gasteiger partial charge in [0.15, 0.2) is 0 Å². The molecular weight excluding hydrogens is 334 g/mol. The quantitative estimate of drug-likeness (QED) is 0.781. The molecule has 2 aliphatic rings. The van der Waals surface area contributed by atoms with E-state index in [2.05, 4.69) is 22.8 Å². The molecule has 0 bridgehead atoms. The van der Waals surface area contributed by atoms with E-state index < -0.39 is 0 Å². The van der Waals surface area contributed by atoms with E-state index in [0.29, 0.717) is 17.5 Å². The molecule has 5 heteroatoms. The van der Waals surface area contributed by atoms with Gasteiger partial charge in [0.25, 0.3) is 0 Å². The highest BCUT2D eigenvalue weighted by Crippen LogP contribution is 2.45. The van der Waals surface area contributed by atoms with Gasteiger partial charge in [-0.2, -0.15) is 0 Å². The van der Waals surface area contributed by atoms with E-state index >= 15 is 0 Å². The number of rotatable bonds is 1. The van der Waals surface area contributed by atoms with Crippen LogP contribution in [-0.2, 0) is 0 Å². The topological polar surface area (TPSA) is 24.1 Å². The van der Waals surface area contributed by atoms with Gasteiger partial charge in [0.05, 0.1) is 0 Å². The smallest absolute Gasteiger partial charge is 0.131 e. The van der Waals surface area contributed by atoms with Crippen LogP contribution in [0.2, 0.25) is 0 Å². The van der Waals surface area contributed by atoms with Gasteiger partial charge in [-0.15, -0.1) is 24.8 Å². The molecule has 4 rings (SSSR count). The van der Waals surface area contributed by atoms with Crippen molar-refractivity contribution in [3.05, 3.63) is 53.8 Å². The van der Waals surface area contributed by atoms with Gasteiger partial charge >= 0.3 is 0 Å². The minimum atomic E-state index is -0.138. The van der Waals surface area contributed by atoms with E-state index in [0.717, 1.165) is 31.5 Å². The second-order valence-corrected chi connectivity index (χ2v) is 5.93. The van der Waals surface area contributed by atoms with Crippen molar-refractivity contribution in [3.8, 4) is 11.1 Å². The van der Waals surface area contributed by atoms with Crippen molar-refractivity contribution in [2.75, 3.05) is 18.4 Å². The van der Waals surface area contributed by atoms with Crippen LogP contribution in [0.4, 0.5) is 10.1 Å². The zero-order chi connectivity index (χ0) is 14.2. The summed E-state index contributed by atoms with van der Waals surface area (Å²) in [6.45, 7) is 2.09. The molecule has 0 radical (unpaired) electrons. The maximum atomic E-state index is 14.2. The Balaban J connectivity index is 0.000000960. The van der Waals surface area contributed by atoms with Crippen LogP contribution < -0.4 is 10.6 Å². The number of nitrogens with one attached hydrogen (secondary N) is 2. The Morgan fingerprint density at radius 2 is 1.61 bits per heavy atom. The maximum Gasteiger partial charge on any atom is 0.131 e. The average Bonchev–Trinajstić information content (AvgIpc) is 2.70. The molecule has 1 fully saturated rings. The van der Waals surface area contributed by atoms with E-state index in [9.17, 15) is 4.39 Å². The summed E-state index contributed by atoms with van der Waals surface area (Å²) < 4.78 is 14.2. The molecule has 2 aromatic rings. The van der Waals surface area contributed by atoms with Crippen molar-refractivity contribution >= 4 is 30.5 Å². The van der Waals surface area contributed by atoms with Gasteiger partial charge in [-0.05, 0) is 49.2 Å². The Morgan fingerprint density at radius 3 is 2.43 bits per heavy atom. The van der Waals surface area contributed by atoms with E-state index in [1.165, 1.54) is 11.3 Å². The number of hydrogen-bond acceptors (Lipinski definition) is 2. The first-order valence-electron chi connectivity index (χ1n) is 7.69. The zero-order valence-corrected chi connectivity index (χ0v) is 14.4. The number of halogens is 3. The Labute approximate surface area is 148 Å². The molecule has 124 valence electrons. The highest BCUT2D eigenvalue weighted by atomic mass is 35.5. The molecule has 23 heavy (non-hydrogen) atoms. The molecule has 0 saturated carbocycles. The van der Waals surface area contributed by atoms with Gasteiger partial charge in [-0.3, -0.25) is 0 Å². The summed E-state index contributed by atoms with van der Waals surface area (Å²) in [5.74, 6) is 0.340. The largest absolute Gasteiger partial charge is 0.381 e. The minimum absolute atomic E-state index is 0. The molecule has 2 atom stereocenters. The lowest BCUT2D eigenvalue weighted by atomic mass is 9.86. The lowest BCUT2D eigenvalue weighted by Gasteiger charge is -2.18. The summed E-state index contributed by atoms with van der Waals surface area (Å²) in [6.07, 6.45) is 2.23. The standard InChI is InChI=1S/C18H19FN2.2ClH/c19-15-6-2-1-4-12(15)13-5-3-7-17-18(13)14-8-10-20-11-9-16(14)21-17;;/h1-7,14,16,20-21H,8-11H2;2*1H. The molecule has 1 saturated heterocycles. The van der Waals surface area contributed by atoms with Crippen LogP contribution in [0.15, 0.2) is 42.5 Å². The molecule has 2 aromatic carbocycles. The molecule has 0 amide bonds. The number of fused-ring (bicyclic) bond motifs is 3.